The Balaban J connectivity index is 1.36. The fraction of sp³-hybridized carbons (Fsp3) is 0.333. The second-order valence-corrected chi connectivity index (χ2v) is 8.17. The standard InChI is InChI=1S/C21H23N3OS/c22-17-5-3-4-15(17)13-20(25)23-16-10-8-14(9-11-16)12-21-24-18-6-1-2-7-19(18)26-21/h1-2,6-11,15,17H,3-5,12-13,22H2,(H,23,25)/t15-,17+/m0/s1. The first-order chi connectivity index (χ1) is 12.7. The molecule has 5 heteroatoms. The number of nitrogens with two attached hydrogens (primary N) is 1. The maximum absolute atomic E-state index is 12.2. The van der Waals surface area contributed by atoms with Crippen molar-refractivity contribution in [2.75, 3.05) is 5.32 Å². The highest BCUT2D eigenvalue weighted by Gasteiger charge is 2.25. The Hall–Kier alpha value is -2.24. The Kier molecular flexibility index (Phi) is 5.00. The fourth-order valence-electron chi connectivity index (χ4n) is 3.65. The summed E-state index contributed by atoms with van der Waals surface area (Å²) in [7, 11) is 0. The van der Waals surface area contributed by atoms with Gasteiger partial charge in [0.05, 0.1) is 15.2 Å². The monoisotopic (exact) mass is 365 g/mol. The van der Waals surface area contributed by atoms with Gasteiger partial charge < -0.3 is 11.1 Å². The zero-order valence-corrected chi connectivity index (χ0v) is 15.5. The molecule has 1 fully saturated rings. The van der Waals surface area contributed by atoms with Gasteiger partial charge in [-0.3, -0.25) is 4.79 Å². The number of para-hydroxylation sites is 1. The number of amides is 1. The van der Waals surface area contributed by atoms with Gasteiger partial charge in [-0.25, -0.2) is 4.98 Å². The van der Waals surface area contributed by atoms with Gasteiger partial charge in [0.1, 0.15) is 0 Å². The van der Waals surface area contributed by atoms with Crippen LogP contribution in [0.3, 0.4) is 0 Å². The Morgan fingerprint density at radius 2 is 1.96 bits per heavy atom. The lowest BCUT2D eigenvalue weighted by molar-refractivity contribution is -0.117. The van der Waals surface area contributed by atoms with Gasteiger partial charge in [0.15, 0.2) is 0 Å². The summed E-state index contributed by atoms with van der Waals surface area (Å²) < 4.78 is 1.22. The van der Waals surface area contributed by atoms with E-state index in [9.17, 15) is 4.79 Å². The predicted octanol–water partition coefficient (Wildman–Crippen LogP) is 4.34. The molecule has 1 aromatic heterocycles. The van der Waals surface area contributed by atoms with Crippen LogP contribution in [-0.4, -0.2) is 16.9 Å². The zero-order valence-electron chi connectivity index (χ0n) is 14.7. The van der Waals surface area contributed by atoms with Gasteiger partial charge in [0.2, 0.25) is 5.91 Å². The molecular weight excluding hydrogens is 342 g/mol. The smallest absolute Gasteiger partial charge is 0.224 e. The van der Waals surface area contributed by atoms with Crippen LogP contribution in [0.2, 0.25) is 0 Å². The molecule has 1 aliphatic rings. The molecule has 3 N–H and O–H groups in total. The van der Waals surface area contributed by atoms with Gasteiger partial charge in [-0.05, 0) is 48.6 Å². The number of hydrogen-bond donors (Lipinski definition) is 2. The third kappa shape index (κ3) is 3.94. The number of carbonyl (C=O) groups excluding carboxylic acids is 1. The number of nitrogens with one attached hydrogen (secondary N) is 1. The number of thiazole rings is 1. The number of rotatable bonds is 5. The van der Waals surface area contributed by atoms with E-state index in [2.05, 4.69) is 28.5 Å². The molecule has 1 saturated carbocycles. The summed E-state index contributed by atoms with van der Waals surface area (Å²) in [6.45, 7) is 0. The van der Waals surface area contributed by atoms with Crippen molar-refractivity contribution in [3.8, 4) is 0 Å². The number of hydrogen-bond acceptors (Lipinski definition) is 4. The van der Waals surface area contributed by atoms with E-state index in [0.29, 0.717) is 12.3 Å². The van der Waals surface area contributed by atoms with E-state index >= 15 is 0 Å². The van der Waals surface area contributed by atoms with Crippen LogP contribution in [0.1, 0.15) is 36.3 Å². The molecule has 3 aromatic rings. The van der Waals surface area contributed by atoms with Crippen LogP contribution >= 0.6 is 11.3 Å². The molecular formula is C21H23N3OS. The van der Waals surface area contributed by atoms with E-state index in [-0.39, 0.29) is 11.9 Å². The molecule has 0 saturated heterocycles. The normalized spacial score (nSPS) is 19.7. The highest BCUT2D eigenvalue weighted by atomic mass is 32.1. The predicted molar refractivity (Wildman–Crippen MR) is 107 cm³/mol. The molecule has 2 aromatic carbocycles. The first-order valence-corrected chi connectivity index (χ1v) is 9.98. The van der Waals surface area contributed by atoms with Crippen molar-refractivity contribution in [1.82, 2.24) is 4.98 Å². The number of nitrogens with zero attached hydrogens (tertiary/aromatic N) is 1. The highest BCUT2D eigenvalue weighted by molar-refractivity contribution is 7.18. The second kappa shape index (κ2) is 7.56. The van der Waals surface area contributed by atoms with Crippen molar-refractivity contribution < 1.29 is 4.79 Å². The topological polar surface area (TPSA) is 68.0 Å². The first-order valence-electron chi connectivity index (χ1n) is 9.16. The minimum Gasteiger partial charge on any atom is -0.327 e. The highest BCUT2D eigenvalue weighted by Crippen LogP contribution is 2.27. The summed E-state index contributed by atoms with van der Waals surface area (Å²) in [5, 5.41) is 4.10. The van der Waals surface area contributed by atoms with E-state index in [1.165, 1.54) is 10.3 Å². The molecule has 26 heavy (non-hydrogen) atoms. The SMILES string of the molecule is N[C@@H]1CCC[C@H]1CC(=O)Nc1ccc(Cc2nc3ccccc3s2)cc1. The van der Waals surface area contributed by atoms with Crippen LogP contribution in [0.25, 0.3) is 10.2 Å². The van der Waals surface area contributed by atoms with Crippen LogP contribution in [0.4, 0.5) is 5.69 Å². The average molecular weight is 366 g/mol. The molecule has 4 nitrogen and oxygen atoms in total. The molecule has 134 valence electrons. The first kappa shape index (κ1) is 17.2. The molecule has 1 aliphatic carbocycles. The molecule has 4 rings (SSSR count). The summed E-state index contributed by atoms with van der Waals surface area (Å²) in [5.74, 6) is 0.389. The van der Waals surface area contributed by atoms with E-state index in [1.54, 1.807) is 11.3 Å². The van der Waals surface area contributed by atoms with Crippen molar-refractivity contribution in [2.45, 2.75) is 38.1 Å². The lowest BCUT2D eigenvalue weighted by Crippen LogP contribution is -2.28. The van der Waals surface area contributed by atoms with Gasteiger partial charge >= 0.3 is 0 Å². The van der Waals surface area contributed by atoms with Crippen LogP contribution in [0, 0.1) is 5.92 Å². The van der Waals surface area contributed by atoms with Crippen molar-refractivity contribution in [2.24, 2.45) is 11.7 Å². The lowest BCUT2D eigenvalue weighted by atomic mass is 10.00. The van der Waals surface area contributed by atoms with Crippen LogP contribution in [0.15, 0.2) is 48.5 Å². The van der Waals surface area contributed by atoms with Gasteiger partial charge in [-0.15, -0.1) is 11.3 Å². The molecule has 0 unspecified atom stereocenters. The summed E-state index contributed by atoms with van der Waals surface area (Å²) in [5.41, 5.74) is 9.15. The maximum Gasteiger partial charge on any atom is 0.224 e. The van der Waals surface area contributed by atoms with Crippen molar-refractivity contribution >= 4 is 33.1 Å². The largest absolute Gasteiger partial charge is 0.327 e. The Morgan fingerprint density at radius 3 is 2.69 bits per heavy atom. The average Bonchev–Trinajstić information content (AvgIpc) is 3.22. The van der Waals surface area contributed by atoms with Crippen molar-refractivity contribution in [3.63, 3.8) is 0 Å². The Bertz CT molecular complexity index is 870. The molecule has 2 atom stereocenters. The van der Waals surface area contributed by atoms with Gasteiger partial charge in [0.25, 0.3) is 0 Å². The van der Waals surface area contributed by atoms with Gasteiger partial charge in [-0.1, -0.05) is 30.7 Å². The third-order valence-electron chi connectivity index (χ3n) is 5.10. The molecule has 0 radical (unpaired) electrons. The fourth-order valence-corrected chi connectivity index (χ4v) is 4.65. The van der Waals surface area contributed by atoms with Crippen LogP contribution < -0.4 is 11.1 Å². The van der Waals surface area contributed by atoms with E-state index < -0.39 is 0 Å². The minimum absolute atomic E-state index is 0.0614. The minimum atomic E-state index is 0.0614. The second-order valence-electron chi connectivity index (χ2n) is 7.06. The van der Waals surface area contributed by atoms with E-state index in [4.69, 9.17) is 5.73 Å². The zero-order chi connectivity index (χ0) is 17.9. The summed E-state index contributed by atoms with van der Waals surface area (Å²) in [6, 6.07) is 16.4. The number of fused-ring (bicyclic) bond motifs is 1. The van der Waals surface area contributed by atoms with Crippen LogP contribution in [0.5, 0.6) is 0 Å². The Labute approximate surface area is 157 Å². The van der Waals surface area contributed by atoms with Crippen molar-refractivity contribution in [3.05, 3.63) is 59.1 Å². The summed E-state index contributed by atoms with van der Waals surface area (Å²) in [6.07, 6.45) is 4.58. The van der Waals surface area contributed by atoms with Gasteiger partial charge in [0, 0.05) is 24.6 Å². The molecule has 1 heterocycles. The molecule has 0 aliphatic heterocycles. The van der Waals surface area contributed by atoms with Crippen molar-refractivity contribution in [1.29, 1.82) is 0 Å². The number of aromatic nitrogens is 1. The molecule has 1 amide bonds. The number of benzene rings is 2. The lowest BCUT2D eigenvalue weighted by Gasteiger charge is -2.14. The maximum atomic E-state index is 12.2. The summed E-state index contributed by atoms with van der Waals surface area (Å²) >= 11 is 1.73. The molecule has 0 spiro atoms. The van der Waals surface area contributed by atoms with Crippen LogP contribution in [-0.2, 0) is 11.2 Å². The number of carbonyl (C=O) groups is 1. The number of anilines is 1. The third-order valence-corrected chi connectivity index (χ3v) is 6.13. The Morgan fingerprint density at radius 1 is 1.15 bits per heavy atom. The summed E-state index contributed by atoms with van der Waals surface area (Å²) in [4.78, 5) is 16.9. The van der Waals surface area contributed by atoms with E-state index in [1.807, 2.05) is 30.3 Å². The quantitative estimate of drug-likeness (QED) is 0.706. The van der Waals surface area contributed by atoms with E-state index in [0.717, 1.165) is 41.9 Å². The van der Waals surface area contributed by atoms with Gasteiger partial charge in [-0.2, -0.15) is 0 Å². The molecule has 0 bridgehead atoms.